The quantitative estimate of drug-likeness (QED) is 0.718. The average molecular weight is 347 g/mol. The van der Waals surface area contributed by atoms with Gasteiger partial charge in [-0.25, -0.2) is 0 Å². The Kier molecular flexibility index (Phi) is 6.35. The van der Waals surface area contributed by atoms with Crippen LogP contribution in [0.1, 0.15) is 12.0 Å². The number of carboxylic acid groups (broad SMARTS) is 1. The van der Waals surface area contributed by atoms with Gasteiger partial charge in [-0.3, -0.25) is 9.59 Å². The maximum absolute atomic E-state index is 11.5. The molecule has 1 atom stereocenters. The number of carbonyl (C=O) groups excluding carboxylic acids is 1. The summed E-state index contributed by atoms with van der Waals surface area (Å²) in [4.78, 5) is 22.4. The first-order valence-corrected chi connectivity index (χ1v) is 7.92. The molecule has 0 aliphatic rings. The number of rotatable bonds is 7. The fourth-order valence-electron chi connectivity index (χ4n) is 2.46. The molecule has 2 aromatic carbocycles. The van der Waals surface area contributed by atoms with E-state index in [-0.39, 0.29) is 13.0 Å². The predicted molar refractivity (Wildman–Crippen MR) is 93.8 cm³/mol. The zero-order valence-corrected chi connectivity index (χ0v) is 13.8. The summed E-state index contributed by atoms with van der Waals surface area (Å²) < 4.78 is 0. The van der Waals surface area contributed by atoms with E-state index < -0.39 is 17.9 Å². The highest BCUT2D eigenvalue weighted by Crippen LogP contribution is 2.26. The van der Waals surface area contributed by atoms with Crippen molar-refractivity contribution in [2.45, 2.75) is 18.9 Å². The molecule has 0 spiro atoms. The Hall–Kier alpha value is -2.37. The lowest BCUT2D eigenvalue weighted by Gasteiger charge is -2.18. The van der Waals surface area contributed by atoms with Crippen LogP contribution in [0.3, 0.4) is 0 Å². The molecule has 0 fully saturated rings. The minimum absolute atomic E-state index is 0.184. The van der Waals surface area contributed by atoms with Crippen molar-refractivity contribution in [3.8, 4) is 11.1 Å². The lowest BCUT2D eigenvalue weighted by atomic mass is 9.99. The van der Waals surface area contributed by atoms with Crippen molar-refractivity contribution in [3.05, 3.63) is 59.1 Å². The number of amides is 1. The number of hydrogen-bond donors (Lipinski definition) is 3. The fraction of sp³-hybridized carbons (Fsp3) is 0.222. The molecule has 24 heavy (non-hydrogen) atoms. The van der Waals surface area contributed by atoms with E-state index in [4.69, 9.17) is 22.4 Å². The Balaban J connectivity index is 2.18. The van der Waals surface area contributed by atoms with Crippen LogP contribution < -0.4 is 11.1 Å². The Labute approximate surface area is 145 Å². The third-order valence-corrected chi connectivity index (χ3v) is 3.95. The smallest absolute Gasteiger partial charge is 0.305 e. The number of benzene rings is 2. The van der Waals surface area contributed by atoms with Crippen LogP contribution >= 0.6 is 11.6 Å². The third-order valence-electron chi connectivity index (χ3n) is 3.60. The van der Waals surface area contributed by atoms with Crippen molar-refractivity contribution < 1.29 is 14.7 Å². The number of carboxylic acids is 1. The molecule has 0 aliphatic heterocycles. The lowest BCUT2D eigenvalue weighted by Crippen LogP contribution is -2.41. The lowest BCUT2D eigenvalue weighted by molar-refractivity contribution is -0.137. The van der Waals surface area contributed by atoms with Crippen molar-refractivity contribution in [3.63, 3.8) is 0 Å². The Morgan fingerprint density at radius 1 is 1.12 bits per heavy atom. The molecular formula is C18H19ClN2O3. The molecule has 5 nitrogen and oxygen atoms in total. The highest BCUT2D eigenvalue weighted by Gasteiger charge is 2.17. The van der Waals surface area contributed by atoms with Crippen LogP contribution in [-0.4, -0.2) is 29.6 Å². The van der Waals surface area contributed by atoms with Crippen LogP contribution in [0.5, 0.6) is 0 Å². The molecule has 4 N–H and O–H groups in total. The van der Waals surface area contributed by atoms with Crippen molar-refractivity contribution in [2.75, 3.05) is 6.54 Å². The van der Waals surface area contributed by atoms with Crippen LogP contribution in [0.2, 0.25) is 5.02 Å². The van der Waals surface area contributed by atoms with Crippen molar-refractivity contribution in [2.24, 2.45) is 5.73 Å². The van der Waals surface area contributed by atoms with Crippen LogP contribution in [0.15, 0.2) is 48.5 Å². The summed E-state index contributed by atoms with van der Waals surface area (Å²) in [6.45, 7) is -0.184. The molecule has 2 aromatic rings. The normalized spacial score (nSPS) is 11.8. The molecular weight excluding hydrogens is 328 g/mol. The Morgan fingerprint density at radius 2 is 1.83 bits per heavy atom. The second-order valence-corrected chi connectivity index (χ2v) is 5.85. The summed E-state index contributed by atoms with van der Waals surface area (Å²) in [6.07, 6.45) is 0.133. The zero-order valence-electron chi connectivity index (χ0n) is 13.0. The molecule has 0 bridgehead atoms. The summed E-state index contributed by atoms with van der Waals surface area (Å²) in [6, 6.07) is 14.9. The predicted octanol–water partition coefficient (Wildman–Crippen LogP) is 2.47. The number of aliphatic carboxylic acids is 1. The molecule has 0 saturated heterocycles. The number of halogens is 1. The van der Waals surface area contributed by atoms with E-state index >= 15 is 0 Å². The van der Waals surface area contributed by atoms with Crippen LogP contribution in [0.4, 0.5) is 0 Å². The van der Waals surface area contributed by atoms with Gasteiger partial charge in [0.15, 0.2) is 0 Å². The SMILES string of the molecule is NCC(=O)NC(CC(=O)O)Cc1ccc(-c2ccccc2)cc1Cl. The number of nitrogens with two attached hydrogens (primary N) is 1. The fourth-order valence-corrected chi connectivity index (χ4v) is 2.72. The molecule has 0 aromatic heterocycles. The molecule has 0 heterocycles. The van der Waals surface area contributed by atoms with E-state index in [0.29, 0.717) is 11.4 Å². The summed E-state index contributed by atoms with van der Waals surface area (Å²) in [5, 5.41) is 12.1. The van der Waals surface area contributed by atoms with Gasteiger partial charge in [-0.15, -0.1) is 0 Å². The summed E-state index contributed by atoms with van der Waals surface area (Å²) >= 11 is 6.35. The topological polar surface area (TPSA) is 92.4 Å². The number of hydrogen-bond acceptors (Lipinski definition) is 3. The van der Waals surface area contributed by atoms with Gasteiger partial charge in [0.25, 0.3) is 0 Å². The van der Waals surface area contributed by atoms with E-state index in [0.717, 1.165) is 16.7 Å². The maximum atomic E-state index is 11.5. The summed E-state index contributed by atoms with van der Waals surface area (Å²) in [5.41, 5.74) is 8.07. The molecule has 1 unspecified atom stereocenters. The third kappa shape index (κ3) is 5.08. The highest BCUT2D eigenvalue weighted by atomic mass is 35.5. The second kappa shape index (κ2) is 8.47. The minimum Gasteiger partial charge on any atom is -0.481 e. The molecule has 1 amide bonds. The summed E-state index contributed by atoms with van der Waals surface area (Å²) in [7, 11) is 0. The number of nitrogens with one attached hydrogen (secondary N) is 1. The van der Waals surface area contributed by atoms with Crippen molar-refractivity contribution >= 4 is 23.5 Å². The van der Waals surface area contributed by atoms with Crippen LogP contribution in [0, 0.1) is 0 Å². The van der Waals surface area contributed by atoms with Gasteiger partial charge in [-0.05, 0) is 29.2 Å². The van der Waals surface area contributed by atoms with E-state index in [1.54, 1.807) is 0 Å². The van der Waals surface area contributed by atoms with Gasteiger partial charge in [0.05, 0.1) is 13.0 Å². The van der Waals surface area contributed by atoms with E-state index in [1.807, 2.05) is 48.5 Å². The Bertz CT molecular complexity index is 719. The molecule has 0 saturated carbocycles. The first-order valence-electron chi connectivity index (χ1n) is 7.54. The van der Waals surface area contributed by atoms with Gasteiger partial charge in [-0.2, -0.15) is 0 Å². The number of carbonyl (C=O) groups is 2. The van der Waals surface area contributed by atoms with Gasteiger partial charge in [0.1, 0.15) is 0 Å². The van der Waals surface area contributed by atoms with Gasteiger partial charge in [-0.1, -0.05) is 54.1 Å². The van der Waals surface area contributed by atoms with Crippen LogP contribution in [0.25, 0.3) is 11.1 Å². The van der Waals surface area contributed by atoms with Crippen molar-refractivity contribution in [1.29, 1.82) is 0 Å². The van der Waals surface area contributed by atoms with Crippen molar-refractivity contribution in [1.82, 2.24) is 5.32 Å². The average Bonchev–Trinajstić information content (AvgIpc) is 2.56. The second-order valence-electron chi connectivity index (χ2n) is 5.44. The monoisotopic (exact) mass is 346 g/mol. The summed E-state index contributed by atoms with van der Waals surface area (Å²) in [5.74, 6) is -1.38. The van der Waals surface area contributed by atoms with E-state index in [2.05, 4.69) is 5.32 Å². The molecule has 126 valence electrons. The molecule has 0 radical (unpaired) electrons. The van der Waals surface area contributed by atoms with Gasteiger partial charge >= 0.3 is 5.97 Å². The maximum Gasteiger partial charge on any atom is 0.305 e. The van der Waals surface area contributed by atoms with Gasteiger partial charge in [0.2, 0.25) is 5.91 Å². The first kappa shape index (κ1) is 18.0. The molecule has 6 heteroatoms. The first-order chi connectivity index (χ1) is 11.5. The van der Waals surface area contributed by atoms with Gasteiger partial charge < -0.3 is 16.2 Å². The highest BCUT2D eigenvalue weighted by molar-refractivity contribution is 6.31. The van der Waals surface area contributed by atoms with E-state index in [1.165, 1.54) is 0 Å². The van der Waals surface area contributed by atoms with E-state index in [9.17, 15) is 9.59 Å². The minimum atomic E-state index is -0.991. The van der Waals surface area contributed by atoms with Crippen LogP contribution in [-0.2, 0) is 16.0 Å². The van der Waals surface area contributed by atoms with Gasteiger partial charge in [0, 0.05) is 11.1 Å². The standard InChI is InChI=1S/C18H19ClN2O3/c19-16-9-13(12-4-2-1-3-5-12)6-7-14(16)8-15(10-18(23)24)21-17(22)11-20/h1-7,9,15H,8,10-11,20H2,(H,21,22)(H,23,24). The largest absolute Gasteiger partial charge is 0.481 e. The zero-order chi connectivity index (χ0) is 17.5. The molecule has 2 rings (SSSR count). The molecule has 0 aliphatic carbocycles. The Morgan fingerprint density at radius 3 is 2.42 bits per heavy atom.